The number of benzene rings is 1. The Balaban J connectivity index is 2.35. The highest BCUT2D eigenvalue weighted by Crippen LogP contribution is 2.39. The van der Waals surface area contributed by atoms with Crippen molar-refractivity contribution in [1.82, 2.24) is 5.32 Å². The largest absolute Gasteiger partial charge is 0.504 e. The Labute approximate surface area is 88.5 Å². The van der Waals surface area contributed by atoms with Crippen molar-refractivity contribution in [1.29, 1.82) is 0 Å². The Morgan fingerprint density at radius 2 is 2.20 bits per heavy atom. The number of aromatic hydroxyl groups is 2. The smallest absolute Gasteiger partial charge is 0.200 e. The molecule has 0 aliphatic carbocycles. The van der Waals surface area contributed by atoms with E-state index < -0.39 is 0 Å². The van der Waals surface area contributed by atoms with Crippen LogP contribution in [0.15, 0.2) is 12.1 Å². The zero-order valence-corrected chi connectivity index (χ0v) is 8.66. The van der Waals surface area contributed by atoms with Crippen LogP contribution in [0.4, 0.5) is 0 Å². The summed E-state index contributed by atoms with van der Waals surface area (Å²) in [6.07, 6.45) is 1.05. The lowest BCUT2D eigenvalue weighted by molar-refractivity contribution is 0.350. The summed E-state index contributed by atoms with van der Waals surface area (Å²) in [4.78, 5) is 0. The van der Waals surface area contributed by atoms with E-state index in [-0.39, 0.29) is 11.5 Å². The van der Waals surface area contributed by atoms with Gasteiger partial charge in [-0.2, -0.15) is 0 Å². The van der Waals surface area contributed by atoms with Crippen molar-refractivity contribution in [3.05, 3.63) is 17.7 Å². The third-order valence-electron chi connectivity index (χ3n) is 2.83. The van der Waals surface area contributed by atoms with E-state index in [9.17, 15) is 10.2 Å². The van der Waals surface area contributed by atoms with Gasteiger partial charge in [0.2, 0.25) is 5.75 Å². The molecule has 1 aromatic rings. The highest BCUT2D eigenvalue weighted by Gasteiger charge is 2.19. The molecule has 1 atom stereocenters. The number of hydrogen-bond acceptors (Lipinski definition) is 4. The van der Waals surface area contributed by atoms with Crippen molar-refractivity contribution in [2.75, 3.05) is 20.2 Å². The molecule has 0 radical (unpaired) electrons. The highest BCUT2D eigenvalue weighted by molar-refractivity contribution is 5.52. The van der Waals surface area contributed by atoms with E-state index in [0.29, 0.717) is 11.7 Å². The average Bonchev–Trinajstić information content (AvgIpc) is 2.75. The number of nitrogens with one attached hydrogen (secondary N) is 1. The van der Waals surface area contributed by atoms with Crippen LogP contribution in [-0.2, 0) is 0 Å². The third-order valence-corrected chi connectivity index (χ3v) is 2.83. The van der Waals surface area contributed by atoms with Crippen LogP contribution < -0.4 is 10.1 Å². The standard InChI is InChI=1S/C11H15NO3/c1-15-10-5-8(4-9(13)11(10)14)7-2-3-12-6-7/h4-5,7,12-14H,2-3,6H2,1H3. The Kier molecular flexibility index (Phi) is 2.68. The van der Waals surface area contributed by atoms with Gasteiger partial charge in [-0.3, -0.25) is 0 Å². The summed E-state index contributed by atoms with van der Waals surface area (Å²) in [5.74, 6) is 0.422. The summed E-state index contributed by atoms with van der Waals surface area (Å²) in [6, 6.07) is 3.39. The molecule has 4 heteroatoms. The lowest BCUT2D eigenvalue weighted by Gasteiger charge is -2.12. The van der Waals surface area contributed by atoms with Crippen LogP contribution in [0.3, 0.4) is 0 Å². The molecule has 0 saturated carbocycles. The molecule has 15 heavy (non-hydrogen) atoms. The zero-order chi connectivity index (χ0) is 10.8. The molecule has 3 N–H and O–H groups in total. The molecule has 1 aliphatic heterocycles. The van der Waals surface area contributed by atoms with E-state index in [4.69, 9.17) is 4.74 Å². The average molecular weight is 209 g/mol. The van der Waals surface area contributed by atoms with Gasteiger partial charge in [0, 0.05) is 6.54 Å². The van der Waals surface area contributed by atoms with Gasteiger partial charge in [-0.25, -0.2) is 0 Å². The highest BCUT2D eigenvalue weighted by atomic mass is 16.5. The lowest BCUT2D eigenvalue weighted by atomic mass is 9.97. The summed E-state index contributed by atoms with van der Waals surface area (Å²) in [5, 5.41) is 22.3. The van der Waals surface area contributed by atoms with Crippen molar-refractivity contribution >= 4 is 0 Å². The van der Waals surface area contributed by atoms with E-state index in [0.717, 1.165) is 25.1 Å². The van der Waals surface area contributed by atoms with Crippen molar-refractivity contribution in [2.24, 2.45) is 0 Å². The minimum Gasteiger partial charge on any atom is -0.504 e. The lowest BCUT2D eigenvalue weighted by Crippen LogP contribution is -2.08. The molecular formula is C11H15NO3. The Morgan fingerprint density at radius 1 is 1.40 bits per heavy atom. The van der Waals surface area contributed by atoms with Crippen LogP contribution in [0.2, 0.25) is 0 Å². The minimum absolute atomic E-state index is 0.115. The monoisotopic (exact) mass is 209 g/mol. The molecule has 0 aromatic heterocycles. The molecule has 1 heterocycles. The third kappa shape index (κ3) is 1.85. The number of methoxy groups -OCH3 is 1. The van der Waals surface area contributed by atoms with Gasteiger partial charge in [-0.1, -0.05) is 0 Å². The maximum Gasteiger partial charge on any atom is 0.200 e. The number of phenolic OH excluding ortho intramolecular Hbond substituents is 2. The minimum atomic E-state index is -0.188. The SMILES string of the molecule is COc1cc(C2CCNC2)cc(O)c1O. The first-order valence-electron chi connectivity index (χ1n) is 5.03. The van der Waals surface area contributed by atoms with E-state index in [1.165, 1.54) is 7.11 Å². The van der Waals surface area contributed by atoms with Gasteiger partial charge in [0.25, 0.3) is 0 Å². The van der Waals surface area contributed by atoms with Crippen LogP contribution >= 0.6 is 0 Å². The second-order valence-electron chi connectivity index (χ2n) is 3.78. The topological polar surface area (TPSA) is 61.7 Å². The number of hydrogen-bond donors (Lipinski definition) is 3. The Hall–Kier alpha value is -1.42. The molecule has 1 fully saturated rings. The van der Waals surface area contributed by atoms with Gasteiger partial charge < -0.3 is 20.3 Å². The normalized spacial score (nSPS) is 20.5. The van der Waals surface area contributed by atoms with Gasteiger partial charge in [0.1, 0.15) is 0 Å². The van der Waals surface area contributed by atoms with Gasteiger partial charge in [0.05, 0.1) is 7.11 Å². The van der Waals surface area contributed by atoms with E-state index in [1.807, 2.05) is 0 Å². The second kappa shape index (κ2) is 3.98. The van der Waals surface area contributed by atoms with Crippen LogP contribution in [0.5, 0.6) is 17.2 Å². The summed E-state index contributed by atoms with van der Waals surface area (Å²) in [5.41, 5.74) is 1.01. The number of rotatable bonds is 2. The van der Waals surface area contributed by atoms with Crippen molar-refractivity contribution in [3.63, 3.8) is 0 Å². The molecule has 0 amide bonds. The van der Waals surface area contributed by atoms with E-state index in [2.05, 4.69) is 5.32 Å². The van der Waals surface area contributed by atoms with E-state index >= 15 is 0 Å². The first kappa shape index (κ1) is 10.1. The molecule has 0 spiro atoms. The maximum atomic E-state index is 9.52. The predicted octanol–water partition coefficient (Wildman–Crippen LogP) is 1.18. The Morgan fingerprint density at radius 3 is 2.80 bits per heavy atom. The summed E-state index contributed by atoms with van der Waals surface area (Å²) < 4.78 is 5.00. The van der Waals surface area contributed by atoms with Crippen LogP contribution in [0, 0.1) is 0 Å². The number of ether oxygens (including phenoxy) is 1. The van der Waals surface area contributed by atoms with Gasteiger partial charge in [-0.05, 0) is 36.6 Å². The second-order valence-corrected chi connectivity index (χ2v) is 3.78. The van der Waals surface area contributed by atoms with Crippen molar-refractivity contribution in [3.8, 4) is 17.2 Å². The number of phenols is 2. The molecule has 0 bridgehead atoms. The molecule has 4 nitrogen and oxygen atoms in total. The zero-order valence-electron chi connectivity index (χ0n) is 8.66. The quantitative estimate of drug-likeness (QED) is 0.640. The van der Waals surface area contributed by atoms with Crippen LogP contribution in [0.1, 0.15) is 17.9 Å². The maximum absolute atomic E-state index is 9.52. The Bertz CT molecular complexity index is 359. The molecule has 1 aromatic carbocycles. The van der Waals surface area contributed by atoms with Crippen molar-refractivity contribution < 1.29 is 14.9 Å². The summed E-state index contributed by atoms with van der Waals surface area (Å²) in [7, 11) is 1.48. The first-order chi connectivity index (χ1) is 7.22. The molecular weight excluding hydrogens is 194 g/mol. The molecule has 82 valence electrons. The molecule has 1 aliphatic rings. The predicted molar refractivity (Wildman–Crippen MR) is 56.6 cm³/mol. The van der Waals surface area contributed by atoms with Crippen LogP contribution in [-0.4, -0.2) is 30.4 Å². The fourth-order valence-corrected chi connectivity index (χ4v) is 1.94. The molecule has 1 saturated heterocycles. The summed E-state index contributed by atoms with van der Waals surface area (Å²) in [6.45, 7) is 1.90. The fourth-order valence-electron chi connectivity index (χ4n) is 1.94. The van der Waals surface area contributed by atoms with E-state index in [1.54, 1.807) is 12.1 Å². The van der Waals surface area contributed by atoms with Crippen molar-refractivity contribution in [2.45, 2.75) is 12.3 Å². The first-order valence-corrected chi connectivity index (χ1v) is 5.03. The summed E-state index contributed by atoms with van der Waals surface area (Å²) >= 11 is 0. The van der Waals surface area contributed by atoms with Crippen LogP contribution in [0.25, 0.3) is 0 Å². The molecule has 1 unspecified atom stereocenters. The van der Waals surface area contributed by atoms with Gasteiger partial charge >= 0.3 is 0 Å². The fraction of sp³-hybridized carbons (Fsp3) is 0.455. The van der Waals surface area contributed by atoms with Gasteiger partial charge in [0.15, 0.2) is 11.5 Å². The molecule has 2 rings (SSSR count). The van der Waals surface area contributed by atoms with Gasteiger partial charge in [-0.15, -0.1) is 0 Å².